The molecule has 0 bridgehead atoms. The summed E-state index contributed by atoms with van der Waals surface area (Å²) in [5, 5.41) is 5.49. The first kappa shape index (κ1) is 18.1. The highest BCUT2D eigenvalue weighted by atomic mass is 35.5. The molecular weight excluding hydrogens is 372 g/mol. The number of ether oxygens (including phenoxy) is 2. The van der Waals surface area contributed by atoms with Crippen LogP contribution in [0.15, 0.2) is 78.9 Å². The van der Waals surface area contributed by atoms with Crippen LogP contribution in [0.25, 0.3) is 28.2 Å². The van der Waals surface area contributed by atoms with E-state index in [0.29, 0.717) is 5.02 Å². The largest absolute Gasteiger partial charge is 0.497 e. The van der Waals surface area contributed by atoms with E-state index in [1.54, 1.807) is 14.2 Å². The van der Waals surface area contributed by atoms with Gasteiger partial charge in [-0.3, -0.25) is 0 Å². The predicted octanol–water partition coefficient (Wildman–Crippen LogP) is 5.88. The van der Waals surface area contributed by atoms with Crippen LogP contribution in [0.4, 0.5) is 0 Å². The summed E-state index contributed by atoms with van der Waals surface area (Å²) in [4.78, 5) is 0. The molecule has 3 aromatic carbocycles. The summed E-state index contributed by atoms with van der Waals surface area (Å²) in [6.07, 6.45) is 0. The highest BCUT2D eigenvalue weighted by Gasteiger charge is 2.15. The summed E-state index contributed by atoms with van der Waals surface area (Å²) in [6, 6.07) is 25.5. The van der Waals surface area contributed by atoms with Gasteiger partial charge in [-0.05, 0) is 66.7 Å². The first-order valence-corrected chi connectivity index (χ1v) is 9.21. The lowest BCUT2D eigenvalue weighted by Gasteiger charge is -2.09. The van der Waals surface area contributed by atoms with Crippen molar-refractivity contribution >= 4 is 11.6 Å². The molecule has 0 N–H and O–H groups in total. The number of hydrogen-bond donors (Lipinski definition) is 0. The van der Waals surface area contributed by atoms with Crippen LogP contribution in [-0.4, -0.2) is 24.0 Å². The van der Waals surface area contributed by atoms with Crippen LogP contribution in [-0.2, 0) is 0 Å². The zero-order valence-electron chi connectivity index (χ0n) is 15.6. The Balaban J connectivity index is 1.86. The molecule has 0 aliphatic carbocycles. The number of halogens is 1. The van der Waals surface area contributed by atoms with Gasteiger partial charge in [-0.2, -0.15) is 5.10 Å². The third-order valence-electron chi connectivity index (χ3n) is 4.56. The molecule has 140 valence electrons. The SMILES string of the molecule is COc1ccc(-c2cc(-c3ccc(OC)cc3)n(-c3ccccc3Cl)n2)cc1. The molecule has 0 unspecified atom stereocenters. The summed E-state index contributed by atoms with van der Waals surface area (Å²) in [5.74, 6) is 1.62. The predicted molar refractivity (Wildman–Crippen MR) is 113 cm³/mol. The van der Waals surface area contributed by atoms with Crippen molar-refractivity contribution in [2.75, 3.05) is 14.2 Å². The summed E-state index contributed by atoms with van der Waals surface area (Å²) < 4.78 is 12.4. The van der Waals surface area contributed by atoms with Crippen molar-refractivity contribution in [3.63, 3.8) is 0 Å². The molecular formula is C23H19ClN2O2. The third kappa shape index (κ3) is 3.47. The maximum absolute atomic E-state index is 6.46. The van der Waals surface area contributed by atoms with E-state index < -0.39 is 0 Å². The van der Waals surface area contributed by atoms with Gasteiger partial charge in [-0.15, -0.1) is 0 Å². The van der Waals surface area contributed by atoms with E-state index >= 15 is 0 Å². The monoisotopic (exact) mass is 390 g/mol. The zero-order valence-corrected chi connectivity index (χ0v) is 16.4. The number of nitrogens with zero attached hydrogens (tertiary/aromatic N) is 2. The first-order valence-electron chi connectivity index (χ1n) is 8.83. The van der Waals surface area contributed by atoms with Gasteiger partial charge in [0.25, 0.3) is 0 Å². The van der Waals surface area contributed by atoms with Crippen molar-refractivity contribution < 1.29 is 9.47 Å². The average Bonchev–Trinajstić information content (AvgIpc) is 3.19. The Morgan fingerprint density at radius 2 is 1.32 bits per heavy atom. The van der Waals surface area contributed by atoms with Crippen molar-refractivity contribution in [1.82, 2.24) is 9.78 Å². The fourth-order valence-electron chi connectivity index (χ4n) is 3.06. The van der Waals surface area contributed by atoms with Crippen molar-refractivity contribution in [2.45, 2.75) is 0 Å². The van der Waals surface area contributed by atoms with E-state index in [1.165, 1.54) is 0 Å². The molecule has 0 aliphatic heterocycles. The van der Waals surface area contributed by atoms with Crippen molar-refractivity contribution in [3.8, 4) is 39.7 Å². The molecule has 5 heteroatoms. The number of benzene rings is 3. The molecule has 0 atom stereocenters. The molecule has 0 saturated carbocycles. The molecule has 0 saturated heterocycles. The van der Waals surface area contributed by atoms with Gasteiger partial charge in [0.15, 0.2) is 0 Å². The van der Waals surface area contributed by atoms with Crippen molar-refractivity contribution in [1.29, 1.82) is 0 Å². The van der Waals surface area contributed by atoms with E-state index in [-0.39, 0.29) is 0 Å². The molecule has 0 spiro atoms. The quantitative estimate of drug-likeness (QED) is 0.427. The second kappa shape index (κ2) is 7.79. The lowest BCUT2D eigenvalue weighted by molar-refractivity contribution is 0.414. The number of rotatable bonds is 5. The van der Waals surface area contributed by atoms with Crippen LogP contribution in [0, 0.1) is 0 Å². The highest BCUT2D eigenvalue weighted by Crippen LogP contribution is 2.32. The Bertz CT molecular complexity index is 1090. The number of para-hydroxylation sites is 1. The van der Waals surface area contributed by atoms with Gasteiger partial charge in [-0.25, -0.2) is 4.68 Å². The molecule has 0 radical (unpaired) electrons. The molecule has 0 fully saturated rings. The average molecular weight is 391 g/mol. The Kier molecular flexibility index (Phi) is 5.04. The third-order valence-corrected chi connectivity index (χ3v) is 4.88. The first-order chi connectivity index (χ1) is 13.7. The molecule has 28 heavy (non-hydrogen) atoms. The van der Waals surface area contributed by atoms with Crippen molar-refractivity contribution in [3.05, 3.63) is 83.9 Å². The van der Waals surface area contributed by atoms with E-state index in [2.05, 4.69) is 6.07 Å². The second-order valence-corrected chi connectivity index (χ2v) is 6.64. The number of aromatic nitrogens is 2. The van der Waals surface area contributed by atoms with Gasteiger partial charge < -0.3 is 9.47 Å². The molecule has 1 aromatic heterocycles. The van der Waals surface area contributed by atoms with E-state index in [4.69, 9.17) is 26.2 Å². The van der Waals surface area contributed by atoms with Gasteiger partial charge in [0.2, 0.25) is 0 Å². The Morgan fingerprint density at radius 1 is 0.750 bits per heavy atom. The second-order valence-electron chi connectivity index (χ2n) is 6.24. The van der Waals surface area contributed by atoms with Crippen LogP contribution < -0.4 is 9.47 Å². The topological polar surface area (TPSA) is 36.3 Å². The number of hydrogen-bond acceptors (Lipinski definition) is 3. The molecule has 0 aliphatic rings. The fourth-order valence-corrected chi connectivity index (χ4v) is 3.27. The fraction of sp³-hybridized carbons (Fsp3) is 0.0870. The van der Waals surface area contributed by atoms with Gasteiger partial charge in [0.05, 0.1) is 36.3 Å². The molecule has 4 nitrogen and oxygen atoms in total. The van der Waals surface area contributed by atoms with Crippen LogP contribution in [0.1, 0.15) is 0 Å². The minimum Gasteiger partial charge on any atom is -0.497 e. The van der Waals surface area contributed by atoms with Gasteiger partial charge >= 0.3 is 0 Å². The summed E-state index contributed by atoms with van der Waals surface area (Å²) >= 11 is 6.46. The maximum atomic E-state index is 6.46. The van der Waals surface area contributed by atoms with Gasteiger partial charge in [0.1, 0.15) is 11.5 Å². The van der Waals surface area contributed by atoms with E-state index in [0.717, 1.165) is 39.7 Å². The standard InChI is InChI=1S/C23H19ClN2O2/c1-27-18-11-7-16(8-12-18)21-15-23(17-9-13-19(28-2)14-10-17)26(25-21)22-6-4-3-5-20(22)24/h3-15H,1-2H3. The highest BCUT2D eigenvalue weighted by molar-refractivity contribution is 6.32. The molecule has 1 heterocycles. The van der Waals surface area contributed by atoms with Crippen LogP contribution in [0.2, 0.25) is 5.02 Å². The summed E-state index contributed by atoms with van der Waals surface area (Å²) in [5.41, 5.74) is 4.65. The molecule has 0 amide bonds. The van der Waals surface area contributed by atoms with E-state index in [1.807, 2.05) is 77.5 Å². The van der Waals surface area contributed by atoms with Crippen LogP contribution in [0.5, 0.6) is 11.5 Å². The normalized spacial score (nSPS) is 10.7. The summed E-state index contributed by atoms with van der Waals surface area (Å²) in [7, 11) is 3.31. The lowest BCUT2D eigenvalue weighted by Crippen LogP contribution is -2.00. The Hall–Kier alpha value is -3.24. The van der Waals surface area contributed by atoms with Crippen LogP contribution in [0.3, 0.4) is 0 Å². The molecule has 4 rings (SSSR count). The van der Waals surface area contributed by atoms with Crippen molar-refractivity contribution in [2.24, 2.45) is 0 Å². The Labute approximate surface area is 168 Å². The number of methoxy groups -OCH3 is 2. The summed E-state index contributed by atoms with van der Waals surface area (Å²) in [6.45, 7) is 0. The minimum atomic E-state index is 0.640. The minimum absolute atomic E-state index is 0.640. The van der Waals surface area contributed by atoms with E-state index in [9.17, 15) is 0 Å². The Morgan fingerprint density at radius 3 is 1.89 bits per heavy atom. The maximum Gasteiger partial charge on any atom is 0.118 e. The smallest absolute Gasteiger partial charge is 0.118 e. The molecule has 4 aromatic rings. The zero-order chi connectivity index (χ0) is 19.5. The van der Waals surface area contributed by atoms with Gasteiger partial charge in [-0.1, -0.05) is 23.7 Å². The lowest BCUT2D eigenvalue weighted by atomic mass is 10.1. The van der Waals surface area contributed by atoms with Crippen LogP contribution >= 0.6 is 11.6 Å². The van der Waals surface area contributed by atoms with Gasteiger partial charge in [0, 0.05) is 11.1 Å².